The van der Waals surface area contributed by atoms with Gasteiger partial charge in [0.15, 0.2) is 11.5 Å². The lowest BCUT2D eigenvalue weighted by molar-refractivity contribution is -0.274. The molecule has 0 N–H and O–H groups in total. The van der Waals surface area contributed by atoms with Gasteiger partial charge < -0.3 is 18.9 Å². The Balaban J connectivity index is 1.89. The number of benzene rings is 3. The zero-order chi connectivity index (χ0) is 19.7. The van der Waals surface area contributed by atoms with Crippen molar-refractivity contribution >= 4 is 0 Å². The van der Waals surface area contributed by atoms with Crippen LogP contribution in [-0.4, -0.2) is 20.3 Å². The third-order valence-corrected chi connectivity index (χ3v) is 4.22. The van der Waals surface area contributed by atoms with Gasteiger partial charge in [0.05, 0.1) is 7.11 Å². The standard InChI is InChI=1S/C21H14F3O4/c1-25-15-8-5-13(6-9-15)16-3-2-4-18(28-21(22,23)24)20(16)14-7-10-17-19(11-14)27-12-26-17/h2,4-11H,12H2,1H3. The van der Waals surface area contributed by atoms with E-state index in [-0.39, 0.29) is 18.1 Å². The first-order chi connectivity index (χ1) is 13.4. The van der Waals surface area contributed by atoms with E-state index >= 15 is 0 Å². The topological polar surface area (TPSA) is 36.9 Å². The fourth-order valence-corrected chi connectivity index (χ4v) is 3.01. The summed E-state index contributed by atoms with van der Waals surface area (Å²) in [6.45, 7) is 0.0664. The largest absolute Gasteiger partial charge is 0.573 e. The van der Waals surface area contributed by atoms with Crippen LogP contribution in [0.25, 0.3) is 22.3 Å². The molecule has 0 fully saturated rings. The Kier molecular flexibility index (Phi) is 4.50. The lowest BCUT2D eigenvalue weighted by atomic mass is 9.93. The van der Waals surface area contributed by atoms with Crippen molar-refractivity contribution < 1.29 is 32.1 Å². The summed E-state index contributed by atoms with van der Waals surface area (Å²) in [6.07, 6.45) is -4.83. The number of alkyl halides is 3. The van der Waals surface area contributed by atoms with Crippen LogP contribution >= 0.6 is 0 Å². The third kappa shape index (κ3) is 3.55. The molecule has 1 aliphatic rings. The fraction of sp³-hybridized carbons (Fsp3) is 0.143. The molecule has 1 radical (unpaired) electrons. The number of ether oxygens (including phenoxy) is 4. The third-order valence-electron chi connectivity index (χ3n) is 4.22. The minimum absolute atomic E-state index is 0.0664. The molecule has 1 aliphatic heterocycles. The molecule has 4 nitrogen and oxygen atoms in total. The van der Waals surface area contributed by atoms with Crippen molar-refractivity contribution in [3.63, 3.8) is 0 Å². The van der Waals surface area contributed by atoms with Crippen molar-refractivity contribution in [2.75, 3.05) is 13.9 Å². The molecule has 0 unspecified atom stereocenters. The monoisotopic (exact) mass is 387 g/mol. The number of hydrogen-bond donors (Lipinski definition) is 0. The van der Waals surface area contributed by atoms with Crippen molar-refractivity contribution in [1.29, 1.82) is 0 Å². The molecule has 3 aromatic rings. The van der Waals surface area contributed by atoms with E-state index in [4.69, 9.17) is 14.2 Å². The molecule has 0 saturated heterocycles. The molecular formula is C21H14F3O4. The molecule has 0 amide bonds. The minimum Gasteiger partial charge on any atom is -0.497 e. The van der Waals surface area contributed by atoms with E-state index in [0.717, 1.165) is 0 Å². The quantitative estimate of drug-likeness (QED) is 0.596. The van der Waals surface area contributed by atoms with Gasteiger partial charge in [-0.05, 0) is 47.5 Å². The van der Waals surface area contributed by atoms with Crippen molar-refractivity contribution in [2.45, 2.75) is 6.36 Å². The molecule has 0 aliphatic carbocycles. The van der Waals surface area contributed by atoms with Gasteiger partial charge >= 0.3 is 6.36 Å². The van der Waals surface area contributed by atoms with Gasteiger partial charge in [-0.25, -0.2) is 0 Å². The maximum absolute atomic E-state index is 13.0. The second-order valence-electron chi connectivity index (χ2n) is 5.94. The van der Waals surface area contributed by atoms with Gasteiger partial charge in [0.1, 0.15) is 11.5 Å². The molecule has 3 aromatic carbocycles. The van der Waals surface area contributed by atoms with Gasteiger partial charge in [-0.15, -0.1) is 13.2 Å². The van der Waals surface area contributed by atoms with Crippen LogP contribution in [-0.2, 0) is 0 Å². The smallest absolute Gasteiger partial charge is 0.497 e. The molecule has 0 saturated carbocycles. The van der Waals surface area contributed by atoms with E-state index in [1.54, 1.807) is 42.5 Å². The van der Waals surface area contributed by atoms with E-state index in [1.165, 1.54) is 19.2 Å². The Bertz CT molecular complexity index is 998. The Labute approximate surface area is 159 Å². The maximum atomic E-state index is 13.0. The Morgan fingerprint density at radius 2 is 1.64 bits per heavy atom. The molecule has 0 spiro atoms. The predicted molar refractivity (Wildman–Crippen MR) is 95.5 cm³/mol. The van der Waals surface area contributed by atoms with Gasteiger partial charge in [-0.2, -0.15) is 0 Å². The van der Waals surface area contributed by atoms with Crippen LogP contribution in [0.5, 0.6) is 23.0 Å². The Morgan fingerprint density at radius 3 is 2.36 bits per heavy atom. The minimum atomic E-state index is -4.83. The van der Waals surface area contributed by atoms with Crippen LogP contribution < -0.4 is 18.9 Å². The second kappa shape index (κ2) is 6.99. The number of fused-ring (bicyclic) bond motifs is 1. The molecule has 0 aromatic heterocycles. The normalized spacial score (nSPS) is 12.7. The van der Waals surface area contributed by atoms with Gasteiger partial charge in [0.25, 0.3) is 0 Å². The van der Waals surface area contributed by atoms with E-state index in [1.807, 2.05) is 0 Å². The molecular weight excluding hydrogens is 373 g/mol. The van der Waals surface area contributed by atoms with E-state index in [9.17, 15) is 13.2 Å². The molecule has 28 heavy (non-hydrogen) atoms. The summed E-state index contributed by atoms with van der Waals surface area (Å²) in [5.74, 6) is 1.31. The van der Waals surface area contributed by atoms with Gasteiger partial charge in [0, 0.05) is 11.1 Å². The first-order valence-electron chi connectivity index (χ1n) is 8.29. The molecule has 4 rings (SSSR count). The molecule has 0 bridgehead atoms. The Hall–Kier alpha value is -3.35. The maximum Gasteiger partial charge on any atom is 0.573 e. The fourth-order valence-electron chi connectivity index (χ4n) is 3.01. The van der Waals surface area contributed by atoms with Crippen LogP contribution in [0, 0.1) is 6.07 Å². The highest BCUT2D eigenvalue weighted by Crippen LogP contribution is 2.44. The highest BCUT2D eigenvalue weighted by molar-refractivity contribution is 5.88. The van der Waals surface area contributed by atoms with Gasteiger partial charge in [0.2, 0.25) is 6.79 Å². The molecule has 0 atom stereocenters. The van der Waals surface area contributed by atoms with E-state index in [2.05, 4.69) is 10.8 Å². The lowest BCUT2D eigenvalue weighted by Crippen LogP contribution is -2.17. The average molecular weight is 387 g/mol. The summed E-state index contributed by atoms with van der Waals surface area (Å²) in [4.78, 5) is 0. The van der Waals surface area contributed by atoms with E-state index < -0.39 is 6.36 Å². The zero-order valence-corrected chi connectivity index (χ0v) is 14.7. The SMILES string of the molecule is COc1ccc(-c2[c]ccc(OC(F)(F)F)c2-c2ccc3c(c2)OCO3)cc1. The van der Waals surface area contributed by atoms with Crippen molar-refractivity contribution in [1.82, 2.24) is 0 Å². The number of methoxy groups -OCH3 is 1. The molecule has 143 valence electrons. The van der Waals surface area contributed by atoms with Crippen LogP contribution in [0.4, 0.5) is 13.2 Å². The summed E-state index contributed by atoms with van der Waals surface area (Å²) < 4.78 is 59.1. The first-order valence-corrected chi connectivity index (χ1v) is 8.29. The average Bonchev–Trinajstić information content (AvgIpc) is 3.14. The number of rotatable bonds is 4. The van der Waals surface area contributed by atoms with Crippen LogP contribution in [0.1, 0.15) is 0 Å². The van der Waals surface area contributed by atoms with Gasteiger partial charge in [-0.3, -0.25) is 0 Å². The second-order valence-corrected chi connectivity index (χ2v) is 5.94. The predicted octanol–water partition coefficient (Wildman–Crippen LogP) is 5.46. The van der Waals surface area contributed by atoms with Gasteiger partial charge in [-0.1, -0.05) is 24.3 Å². The van der Waals surface area contributed by atoms with Crippen molar-refractivity contribution in [3.8, 4) is 45.3 Å². The van der Waals surface area contributed by atoms with Crippen LogP contribution in [0.15, 0.2) is 54.6 Å². The van der Waals surface area contributed by atoms with Crippen molar-refractivity contribution in [2.24, 2.45) is 0 Å². The molecule has 7 heteroatoms. The molecule has 1 heterocycles. The van der Waals surface area contributed by atoms with Crippen LogP contribution in [0.2, 0.25) is 0 Å². The number of halogens is 3. The van der Waals surface area contributed by atoms with Crippen LogP contribution in [0.3, 0.4) is 0 Å². The van der Waals surface area contributed by atoms with E-state index in [0.29, 0.717) is 33.9 Å². The highest BCUT2D eigenvalue weighted by atomic mass is 19.4. The summed E-state index contributed by atoms with van der Waals surface area (Å²) in [6, 6.07) is 17.5. The summed E-state index contributed by atoms with van der Waals surface area (Å²) >= 11 is 0. The summed E-state index contributed by atoms with van der Waals surface area (Å²) in [7, 11) is 1.54. The number of hydrogen-bond acceptors (Lipinski definition) is 4. The lowest BCUT2D eigenvalue weighted by Gasteiger charge is -2.17. The summed E-state index contributed by atoms with van der Waals surface area (Å²) in [5.41, 5.74) is 1.87. The Morgan fingerprint density at radius 1 is 0.929 bits per heavy atom. The summed E-state index contributed by atoms with van der Waals surface area (Å²) in [5, 5.41) is 0. The van der Waals surface area contributed by atoms with Crippen molar-refractivity contribution in [3.05, 3.63) is 60.7 Å². The highest BCUT2D eigenvalue weighted by Gasteiger charge is 2.33. The zero-order valence-electron chi connectivity index (χ0n) is 14.7. The first kappa shape index (κ1) is 18.0.